The molecule has 6 nitrogen and oxygen atoms in total. The molecule has 0 radical (unpaired) electrons. The lowest BCUT2D eigenvalue weighted by molar-refractivity contribution is -0.134. The lowest BCUT2D eigenvalue weighted by Gasteiger charge is -2.20. The molecule has 0 fully saturated rings. The molecule has 0 spiro atoms. The second kappa shape index (κ2) is 8.61. The molecule has 0 saturated carbocycles. The third-order valence-corrected chi connectivity index (χ3v) is 4.70. The van der Waals surface area contributed by atoms with Gasteiger partial charge in [0.05, 0.1) is 18.7 Å². The molecule has 0 atom stereocenters. The molecule has 150 valence electrons. The Kier molecular flexibility index (Phi) is 5.57. The summed E-state index contributed by atoms with van der Waals surface area (Å²) in [5.74, 6) is -0.0421. The summed E-state index contributed by atoms with van der Waals surface area (Å²) in [5, 5.41) is 0. The van der Waals surface area contributed by atoms with Gasteiger partial charge in [-0.3, -0.25) is 14.5 Å². The van der Waals surface area contributed by atoms with Crippen LogP contribution in [0, 0.1) is 0 Å². The van der Waals surface area contributed by atoms with E-state index in [1.54, 1.807) is 66.7 Å². The summed E-state index contributed by atoms with van der Waals surface area (Å²) in [7, 11) is 0. The molecule has 1 heterocycles. The van der Waals surface area contributed by atoms with Gasteiger partial charge in [0, 0.05) is 11.1 Å². The van der Waals surface area contributed by atoms with Crippen LogP contribution < -0.4 is 14.4 Å². The van der Waals surface area contributed by atoms with E-state index in [0.717, 1.165) is 0 Å². The second-order valence-corrected chi connectivity index (χ2v) is 6.74. The first kappa shape index (κ1) is 19.4. The van der Waals surface area contributed by atoms with Gasteiger partial charge < -0.3 is 9.47 Å². The largest absolute Gasteiger partial charge is 0.491 e. The smallest absolute Gasteiger partial charge is 0.331 e. The maximum Gasteiger partial charge on any atom is 0.331 e. The molecular formula is C24H19NO5. The molecule has 3 aromatic carbocycles. The number of hydrogen-bond acceptors (Lipinski definition) is 5. The van der Waals surface area contributed by atoms with Gasteiger partial charge in [-0.15, -0.1) is 0 Å². The van der Waals surface area contributed by atoms with E-state index in [1.807, 2.05) is 12.1 Å². The minimum Gasteiger partial charge on any atom is -0.491 e. The van der Waals surface area contributed by atoms with Crippen LogP contribution in [0.4, 0.5) is 5.69 Å². The molecule has 4 rings (SSSR count). The fraction of sp³-hybridized carbons (Fsp3) is 0.125. The van der Waals surface area contributed by atoms with Crippen LogP contribution in [0.2, 0.25) is 0 Å². The van der Waals surface area contributed by atoms with Crippen molar-refractivity contribution in [3.05, 3.63) is 90.0 Å². The highest BCUT2D eigenvalue weighted by Gasteiger charge is 2.25. The van der Waals surface area contributed by atoms with Gasteiger partial charge in [0.2, 0.25) is 5.91 Å². The van der Waals surface area contributed by atoms with Crippen molar-refractivity contribution in [2.45, 2.75) is 6.42 Å². The lowest BCUT2D eigenvalue weighted by atomic mass is 10.0. The standard InChI is InChI=1S/C24H19NO5/c26-22-14-15-29-21-9-5-4-8-20(21)25(22)16-23(27)30-19-12-10-18(11-13-19)24(28)17-6-2-1-3-7-17/h1-13H,14-16H2. The Labute approximate surface area is 173 Å². The number of ether oxygens (including phenoxy) is 2. The molecule has 3 aromatic rings. The zero-order valence-corrected chi connectivity index (χ0v) is 16.1. The number of fused-ring (bicyclic) bond motifs is 1. The predicted molar refractivity (Wildman–Crippen MR) is 111 cm³/mol. The molecule has 1 aliphatic rings. The Balaban J connectivity index is 1.44. The van der Waals surface area contributed by atoms with Crippen LogP contribution in [0.15, 0.2) is 78.9 Å². The van der Waals surface area contributed by atoms with Crippen LogP contribution in [0.1, 0.15) is 22.3 Å². The topological polar surface area (TPSA) is 72.9 Å². The van der Waals surface area contributed by atoms with Crippen LogP contribution >= 0.6 is 0 Å². The van der Waals surface area contributed by atoms with E-state index in [4.69, 9.17) is 9.47 Å². The van der Waals surface area contributed by atoms with Crippen molar-refractivity contribution in [1.82, 2.24) is 0 Å². The van der Waals surface area contributed by atoms with Gasteiger partial charge in [-0.2, -0.15) is 0 Å². The first-order chi connectivity index (χ1) is 14.6. The van der Waals surface area contributed by atoms with Gasteiger partial charge >= 0.3 is 5.97 Å². The van der Waals surface area contributed by atoms with Crippen molar-refractivity contribution in [2.24, 2.45) is 0 Å². The Morgan fingerprint density at radius 1 is 0.867 bits per heavy atom. The lowest BCUT2D eigenvalue weighted by Crippen LogP contribution is -2.37. The summed E-state index contributed by atoms with van der Waals surface area (Å²) >= 11 is 0. The Morgan fingerprint density at radius 2 is 1.53 bits per heavy atom. The molecule has 0 unspecified atom stereocenters. The summed E-state index contributed by atoms with van der Waals surface area (Å²) in [6, 6.07) is 22.4. The first-order valence-electron chi connectivity index (χ1n) is 9.54. The molecule has 6 heteroatoms. The van der Waals surface area contributed by atoms with Gasteiger partial charge in [0.25, 0.3) is 0 Å². The molecule has 0 N–H and O–H groups in total. The van der Waals surface area contributed by atoms with E-state index in [-0.39, 0.29) is 31.3 Å². The van der Waals surface area contributed by atoms with Gasteiger partial charge in [0.1, 0.15) is 18.0 Å². The number of rotatable bonds is 5. The van der Waals surface area contributed by atoms with Crippen LogP contribution in [0.3, 0.4) is 0 Å². The SMILES string of the molecule is O=C(CN1C(=O)CCOc2ccccc21)Oc1ccc(C(=O)c2ccccc2)cc1. The second-order valence-electron chi connectivity index (χ2n) is 6.74. The number of anilines is 1. The van der Waals surface area contributed by atoms with E-state index in [1.165, 1.54) is 4.90 Å². The van der Waals surface area contributed by atoms with Gasteiger partial charge in [-0.05, 0) is 36.4 Å². The minimum absolute atomic E-state index is 0.111. The molecule has 1 aliphatic heterocycles. The van der Waals surface area contributed by atoms with E-state index >= 15 is 0 Å². The van der Waals surface area contributed by atoms with Crippen molar-refractivity contribution >= 4 is 23.3 Å². The number of hydrogen-bond donors (Lipinski definition) is 0. The molecule has 30 heavy (non-hydrogen) atoms. The maximum atomic E-state index is 12.5. The highest BCUT2D eigenvalue weighted by Crippen LogP contribution is 2.30. The van der Waals surface area contributed by atoms with Gasteiger partial charge in [-0.1, -0.05) is 42.5 Å². The van der Waals surface area contributed by atoms with E-state index in [2.05, 4.69) is 0 Å². The highest BCUT2D eigenvalue weighted by atomic mass is 16.5. The molecule has 0 aromatic heterocycles. The monoisotopic (exact) mass is 401 g/mol. The molecule has 0 aliphatic carbocycles. The predicted octanol–water partition coefficient (Wildman–Crippen LogP) is 3.64. The Morgan fingerprint density at radius 3 is 2.30 bits per heavy atom. The molecule has 0 saturated heterocycles. The van der Waals surface area contributed by atoms with Crippen molar-refractivity contribution in [2.75, 3.05) is 18.1 Å². The average Bonchev–Trinajstić information content (AvgIpc) is 2.93. The number of ketones is 1. The van der Waals surface area contributed by atoms with Crippen LogP contribution in [0.5, 0.6) is 11.5 Å². The summed E-state index contributed by atoms with van der Waals surface area (Å²) in [5.41, 5.74) is 1.62. The zero-order chi connectivity index (χ0) is 20.9. The Bertz CT molecular complexity index is 1080. The van der Waals surface area contributed by atoms with Gasteiger partial charge in [-0.25, -0.2) is 4.79 Å². The first-order valence-corrected chi connectivity index (χ1v) is 9.54. The zero-order valence-electron chi connectivity index (χ0n) is 16.1. The normalized spacial score (nSPS) is 13.1. The highest BCUT2D eigenvalue weighted by molar-refractivity contribution is 6.09. The Hall–Kier alpha value is -3.93. The quantitative estimate of drug-likeness (QED) is 0.371. The fourth-order valence-electron chi connectivity index (χ4n) is 3.22. The van der Waals surface area contributed by atoms with Crippen LogP contribution in [0.25, 0.3) is 0 Å². The minimum atomic E-state index is -0.581. The number of nitrogens with zero attached hydrogens (tertiary/aromatic N) is 1. The van der Waals surface area contributed by atoms with E-state index < -0.39 is 5.97 Å². The number of carbonyl (C=O) groups is 3. The fourth-order valence-corrected chi connectivity index (χ4v) is 3.22. The van der Waals surface area contributed by atoms with Crippen molar-refractivity contribution in [3.63, 3.8) is 0 Å². The third kappa shape index (κ3) is 4.22. The maximum absolute atomic E-state index is 12.5. The van der Waals surface area contributed by atoms with Crippen molar-refractivity contribution in [3.8, 4) is 11.5 Å². The van der Waals surface area contributed by atoms with Gasteiger partial charge in [0.15, 0.2) is 5.78 Å². The summed E-state index contributed by atoms with van der Waals surface area (Å²) in [6.45, 7) is 0.0300. The number of benzene rings is 3. The number of amides is 1. The van der Waals surface area contributed by atoms with Crippen molar-refractivity contribution in [1.29, 1.82) is 0 Å². The third-order valence-electron chi connectivity index (χ3n) is 4.70. The molecule has 0 bridgehead atoms. The van der Waals surface area contributed by atoms with E-state index in [0.29, 0.717) is 28.3 Å². The molecular weight excluding hydrogens is 382 g/mol. The molecule has 1 amide bonds. The number of carbonyl (C=O) groups excluding carboxylic acids is 3. The summed E-state index contributed by atoms with van der Waals surface area (Å²) in [4.78, 5) is 38.7. The average molecular weight is 401 g/mol. The van der Waals surface area contributed by atoms with Crippen molar-refractivity contribution < 1.29 is 23.9 Å². The summed E-state index contributed by atoms with van der Waals surface area (Å²) < 4.78 is 11.0. The number of esters is 1. The number of para-hydroxylation sites is 2. The summed E-state index contributed by atoms with van der Waals surface area (Å²) in [6.07, 6.45) is 0.179. The van der Waals surface area contributed by atoms with E-state index in [9.17, 15) is 14.4 Å². The van der Waals surface area contributed by atoms with Crippen LogP contribution in [-0.2, 0) is 9.59 Å². The van der Waals surface area contributed by atoms with Crippen LogP contribution in [-0.4, -0.2) is 30.8 Å².